The maximum Gasteiger partial charge on any atom is 0.253 e. The monoisotopic (exact) mass is 354 g/mol. The average molecular weight is 354 g/mol. The van der Waals surface area contributed by atoms with Crippen molar-refractivity contribution in [1.29, 1.82) is 0 Å². The minimum Gasteiger partial charge on any atom is -0.351 e. The smallest absolute Gasteiger partial charge is 0.253 e. The quantitative estimate of drug-likeness (QED) is 0.865. The number of nitrogens with zero attached hydrogens (tertiary/aromatic N) is 3. The van der Waals surface area contributed by atoms with Crippen LogP contribution in [0.3, 0.4) is 0 Å². The maximum absolute atomic E-state index is 12.5. The molecule has 1 N–H and O–H groups in total. The third-order valence-corrected chi connectivity index (χ3v) is 4.95. The summed E-state index contributed by atoms with van der Waals surface area (Å²) >= 11 is 0. The minimum atomic E-state index is -0.125. The molecule has 0 bridgehead atoms. The second-order valence-electron chi connectivity index (χ2n) is 6.79. The molecule has 0 atom stereocenters. The van der Waals surface area contributed by atoms with E-state index in [9.17, 15) is 9.59 Å². The van der Waals surface area contributed by atoms with E-state index in [0.717, 1.165) is 43.0 Å². The Balaban J connectivity index is 1.59. The molecule has 6 heteroatoms. The second-order valence-corrected chi connectivity index (χ2v) is 6.79. The molecule has 0 aromatic carbocycles. The van der Waals surface area contributed by atoms with E-state index in [0.29, 0.717) is 25.1 Å². The van der Waals surface area contributed by atoms with Gasteiger partial charge in [0.2, 0.25) is 5.91 Å². The van der Waals surface area contributed by atoms with Gasteiger partial charge in [-0.3, -0.25) is 14.6 Å². The van der Waals surface area contributed by atoms with Crippen LogP contribution in [0.4, 0.5) is 0 Å². The van der Waals surface area contributed by atoms with E-state index in [-0.39, 0.29) is 11.8 Å². The summed E-state index contributed by atoms with van der Waals surface area (Å²) in [5.41, 5.74) is 3.55. The van der Waals surface area contributed by atoms with E-state index in [1.165, 1.54) is 0 Å². The summed E-state index contributed by atoms with van der Waals surface area (Å²) in [6, 6.07) is 7.72. The number of aromatic nitrogens is 2. The molecule has 2 aromatic heterocycles. The molecular formula is C20H26N4O2. The predicted molar refractivity (Wildman–Crippen MR) is 100 cm³/mol. The maximum atomic E-state index is 12.5. The van der Waals surface area contributed by atoms with Gasteiger partial charge in [0.05, 0.1) is 17.8 Å². The van der Waals surface area contributed by atoms with E-state index in [1.807, 2.05) is 43.0 Å². The van der Waals surface area contributed by atoms with Gasteiger partial charge in [-0.25, -0.2) is 0 Å². The number of hydrogen-bond acceptors (Lipinski definition) is 3. The zero-order chi connectivity index (χ0) is 18.5. The fourth-order valence-corrected chi connectivity index (χ4v) is 3.43. The van der Waals surface area contributed by atoms with Crippen LogP contribution in [-0.2, 0) is 11.3 Å². The fraction of sp³-hybridized carbons (Fsp3) is 0.450. The number of likely N-dealkylation sites (tertiary alicyclic amines) is 1. The van der Waals surface area contributed by atoms with E-state index in [1.54, 1.807) is 6.20 Å². The van der Waals surface area contributed by atoms with Crippen molar-refractivity contribution in [2.75, 3.05) is 19.6 Å². The Morgan fingerprint density at radius 3 is 2.65 bits per heavy atom. The summed E-state index contributed by atoms with van der Waals surface area (Å²) < 4.78 is 2.09. The fourth-order valence-electron chi connectivity index (χ4n) is 3.43. The van der Waals surface area contributed by atoms with Crippen LogP contribution < -0.4 is 5.32 Å². The molecule has 138 valence electrons. The Labute approximate surface area is 154 Å². The minimum absolute atomic E-state index is 0.125. The van der Waals surface area contributed by atoms with Gasteiger partial charge in [0.15, 0.2) is 0 Å². The van der Waals surface area contributed by atoms with Crippen LogP contribution in [0.25, 0.3) is 0 Å². The van der Waals surface area contributed by atoms with Crippen LogP contribution in [0.1, 0.15) is 46.7 Å². The van der Waals surface area contributed by atoms with Crippen molar-refractivity contribution in [3.05, 3.63) is 53.1 Å². The lowest BCUT2D eigenvalue weighted by molar-refractivity contribution is -0.129. The van der Waals surface area contributed by atoms with Crippen molar-refractivity contribution in [3.8, 4) is 0 Å². The molecule has 0 saturated carbocycles. The van der Waals surface area contributed by atoms with Gasteiger partial charge in [-0.2, -0.15) is 0 Å². The SMILES string of the molecule is Cc1cc(C(=O)NCCC(=O)N2CCCC2)c(C)n1Cc1ccccn1. The lowest BCUT2D eigenvalue weighted by atomic mass is 10.2. The molecule has 0 spiro atoms. The molecule has 3 heterocycles. The van der Waals surface area contributed by atoms with Crippen LogP contribution >= 0.6 is 0 Å². The number of carbonyl (C=O) groups excluding carboxylic acids is 2. The van der Waals surface area contributed by atoms with Crippen LogP contribution in [0, 0.1) is 13.8 Å². The number of hydrogen-bond donors (Lipinski definition) is 1. The zero-order valence-corrected chi connectivity index (χ0v) is 15.5. The topological polar surface area (TPSA) is 67.2 Å². The average Bonchev–Trinajstić information content (AvgIpc) is 3.27. The highest BCUT2D eigenvalue weighted by Crippen LogP contribution is 2.16. The number of amides is 2. The molecular weight excluding hydrogens is 328 g/mol. The van der Waals surface area contributed by atoms with Gasteiger partial charge in [-0.05, 0) is 44.9 Å². The van der Waals surface area contributed by atoms with Crippen molar-refractivity contribution < 1.29 is 9.59 Å². The first kappa shape index (κ1) is 18.2. The van der Waals surface area contributed by atoms with Crippen molar-refractivity contribution in [1.82, 2.24) is 19.8 Å². The highest BCUT2D eigenvalue weighted by atomic mass is 16.2. The Morgan fingerprint density at radius 1 is 1.19 bits per heavy atom. The molecule has 3 rings (SSSR count). The molecule has 0 aliphatic carbocycles. The summed E-state index contributed by atoms with van der Waals surface area (Å²) in [4.78, 5) is 30.8. The Bertz CT molecular complexity index is 777. The largest absolute Gasteiger partial charge is 0.351 e. The molecule has 0 unspecified atom stereocenters. The van der Waals surface area contributed by atoms with Crippen LogP contribution in [0.15, 0.2) is 30.5 Å². The molecule has 6 nitrogen and oxygen atoms in total. The summed E-state index contributed by atoms with van der Waals surface area (Å²) in [6.45, 7) is 6.64. The predicted octanol–water partition coefficient (Wildman–Crippen LogP) is 2.29. The Hall–Kier alpha value is -2.63. The molecule has 0 radical (unpaired) electrons. The van der Waals surface area contributed by atoms with Gasteiger partial charge in [0.1, 0.15) is 0 Å². The number of nitrogens with one attached hydrogen (secondary N) is 1. The molecule has 1 fully saturated rings. The highest BCUT2D eigenvalue weighted by molar-refractivity contribution is 5.96. The lowest BCUT2D eigenvalue weighted by Crippen LogP contribution is -2.32. The molecule has 1 saturated heterocycles. The van der Waals surface area contributed by atoms with Crippen molar-refractivity contribution in [3.63, 3.8) is 0 Å². The summed E-state index contributed by atoms with van der Waals surface area (Å²) in [6.07, 6.45) is 4.30. The van der Waals surface area contributed by atoms with Crippen LogP contribution in [-0.4, -0.2) is 45.9 Å². The van der Waals surface area contributed by atoms with Gasteiger partial charge in [-0.1, -0.05) is 6.07 Å². The van der Waals surface area contributed by atoms with Gasteiger partial charge < -0.3 is 14.8 Å². The second kappa shape index (κ2) is 8.17. The first-order chi connectivity index (χ1) is 12.6. The normalized spacial score (nSPS) is 13.8. The number of carbonyl (C=O) groups is 2. The van der Waals surface area contributed by atoms with E-state index < -0.39 is 0 Å². The molecule has 2 amide bonds. The molecule has 2 aromatic rings. The van der Waals surface area contributed by atoms with E-state index in [4.69, 9.17) is 0 Å². The highest BCUT2D eigenvalue weighted by Gasteiger charge is 2.19. The Morgan fingerprint density at radius 2 is 1.96 bits per heavy atom. The standard InChI is InChI=1S/C20H26N4O2/c1-15-13-18(16(2)24(15)14-17-7-3-4-9-21-17)20(26)22-10-8-19(25)23-11-5-6-12-23/h3-4,7,9,13H,5-6,8,10-12,14H2,1-2H3,(H,22,26). The first-order valence-electron chi connectivity index (χ1n) is 9.19. The zero-order valence-electron chi connectivity index (χ0n) is 15.5. The van der Waals surface area contributed by atoms with Gasteiger partial charge in [0, 0.05) is 43.6 Å². The van der Waals surface area contributed by atoms with Crippen molar-refractivity contribution >= 4 is 11.8 Å². The number of rotatable bonds is 6. The third kappa shape index (κ3) is 4.12. The summed E-state index contributed by atoms with van der Waals surface area (Å²) in [5.74, 6) is 0.00279. The Kier molecular flexibility index (Phi) is 5.71. The molecule has 26 heavy (non-hydrogen) atoms. The molecule has 1 aliphatic rings. The third-order valence-electron chi connectivity index (χ3n) is 4.95. The van der Waals surface area contributed by atoms with E-state index >= 15 is 0 Å². The lowest BCUT2D eigenvalue weighted by Gasteiger charge is -2.15. The van der Waals surface area contributed by atoms with Gasteiger partial charge in [-0.15, -0.1) is 0 Å². The van der Waals surface area contributed by atoms with Crippen LogP contribution in [0.2, 0.25) is 0 Å². The van der Waals surface area contributed by atoms with Crippen LogP contribution in [0.5, 0.6) is 0 Å². The summed E-state index contributed by atoms with van der Waals surface area (Å²) in [7, 11) is 0. The molecule has 1 aliphatic heterocycles. The van der Waals surface area contributed by atoms with E-state index in [2.05, 4.69) is 14.9 Å². The first-order valence-corrected chi connectivity index (χ1v) is 9.19. The van der Waals surface area contributed by atoms with Gasteiger partial charge >= 0.3 is 0 Å². The van der Waals surface area contributed by atoms with Crippen molar-refractivity contribution in [2.45, 2.75) is 39.7 Å². The summed E-state index contributed by atoms with van der Waals surface area (Å²) in [5, 5.41) is 2.88. The number of aryl methyl sites for hydroxylation is 1. The van der Waals surface area contributed by atoms with Gasteiger partial charge in [0.25, 0.3) is 5.91 Å². The van der Waals surface area contributed by atoms with Crippen molar-refractivity contribution in [2.24, 2.45) is 0 Å². The number of pyridine rings is 1.